The van der Waals surface area contributed by atoms with Crippen LogP contribution in [0.25, 0.3) is 5.65 Å². The monoisotopic (exact) mass is 403 g/mol. The fourth-order valence-corrected chi connectivity index (χ4v) is 3.16. The molecule has 30 heavy (non-hydrogen) atoms. The first-order valence-electron chi connectivity index (χ1n) is 9.88. The van der Waals surface area contributed by atoms with Crippen molar-refractivity contribution in [2.75, 3.05) is 17.2 Å². The summed E-state index contributed by atoms with van der Waals surface area (Å²) >= 11 is 0. The van der Waals surface area contributed by atoms with Crippen LogP contribution in [0.1, 0.15) is 42.4 Å². The highest BCUT2D eigenvalue weighted by atomic mass is 16.1. The van der Waals surface area contributed by atoms with E-state index in [0.29, 0.717) is 23.6 Å². The average molecular weight is 403 g/mol. The second-order valence-corrected chi connectivity index (χ2v) is 8.16. The third kappa shape index (κ3) is 4.32. The lowest BCUT2D eigenvalue weighted by molar-refractivity contribution is 0.102. The molecule has 154 valence electrons. The Morgan fingerprint density at radius 3 is 2.67 bits per heavy atom. The van der Waals surface area contributed by atoms with E-state index in [0.717, 1.165) is 17.9 Å². The van der Waals surface area contributed by atoms with Crippen molar-refractivity contribution in [2.24, 2.45) is 0 Å². The van der Waals surface area contributed by atoms with E-state index >= 15 is 0 Å². The van der Waals surface area contributed by atoms with Crippen LogP contribution in [0.2, 0.25) is 0 Å². The molecule has 3 N–H and O–H groups in total. The van der Waals surface area contributed by atoms with Gasteiger partial charge in [-0.3, -0.25) is 4.79 Å². The molecule has 0 saturated carbocycles. The van der Waals surface area contributed by atoms with E-state index in [4.69, 9.17) is 0 Å². The van der Waals surface area contributed by atoms with Gasteiger partial charge in [0.2, 0.25) is 0 Å². The molecule has 0 aliphatic heterocycles. The standard InChI is InChI=1S/C22H25N7O/c1-22(2,3)16-6-4-15(5-7-16)21(30)28-18-12-20(29-19(27-18)9-11-26-29)24-10-8-17-13-23-14-25-17/h4-7,9,11-14,24H,8,10H2,1-3H3,(H,23,25)(H,27,28,30). The fourth-order valence-electron chi connectivity index (χ4n) is 3.16. The van der Waals surface area contributed by atoms with Crippen LogP contribution in [0.15, 0.2) is 55.1 Å². The van der Waals surface area contributed by atoms with Crippen molar-refractivity contribution in [1.82, 2.24) is 24.6 Å². The van der Waals surface area contributed by atoms with Crippen LogP contribution < -0.4 is 10.6 Å². The fraction of sp³-hybridized carbons (Fsp3) is 0.273. The Kier molecular flexibility index (Phi) is 5.22. The number of fused-ring (bicyclic) bond motifs is 1. The summed E-state index contributed by atoms with van der Waals surface area (Å²) < 4.78 is 1.71. The van der Waals surface area contributed by atoms with Crippen molar-refractivity contribution in [3.63, 3.8) is 0 Å². The number of benzene rings is 1. The number of nitrogens with one attached hydrogen (secondary N) is 3. The average Bonchev–Trinajstić information content (AvgIpc) is 3.39. The predicted octanol–water partition coefficient (Wildman–Crippen LogP) is 3.66. The minimum Gasteiger partial charge on any atom is -0.369 e. The van der Waals surface area contributed by atoms with Gasteiger partial charge in [0.05, 0.1) is 12.5 Å². The normalized spacial score (nSPS) is 11.6. The maximum Gasteiger partial charge on any atom is 0.256 e. The van der Waals surface area contributed by atoms with Crippen LogP contribution in [0.4, 0.5) is 11.6 Å². The van der Waals surface area contributed by atoms with Gasteiger partial charge in [0, 0.05) is 42.6 Å². The molecule has 4 rings (SSSR count). The molecule has 1 aromatic carbocycles. The van der Waals surface area contributed by atoms with E-state index in [-0.39, 0.29) is 11.3 Å². The zero-order chi connectivity index (χ0) is 21.1. The number of hydrogen-bond donors (Lipinski definition) is 3. The van der Waals surface area contributed by atoms with Gasteiger partial charge in [0.25, 0.3) is 5.91 Å². The molecule has 3 heterocycles. The Hall–Kier alpha value is -3.68. The minimum atomic E-state index is -0.199. The lowest BCUT2D eigenvalue weighted by Crippen LogP contribution is -2.16. The number of carbonyl (C=O) groups excluding carboxylic acids is 1. The molecule has 0 aliphatic rings. The van der Waals surface area contributed by atoms with Gasteiger partial charge in [-0.2, -0.15) is 9.61 Å². The molecule has 0 bridgehead atoms. The Balaban J connectivity index is 1.50. The molecule has 0 atom stereocenters. The largest absolute Gasteiger partial charge is 0.369 e. The highest BCUT2D eigenvalue weighted by molar-refractivity contribution is 6.04. The van der Waals surface area contributed by atoms with Gasteiger partial charge < -0.3 is 15.6 Å². The Labute approximate surface area is 174 Å². The number of rotatable bonds is 6. The summed E-state index contributed by atoms with van der Waals surface area (Å²) in [6, 6.07) is 11.3. The van der Waals surface area contributed by atoms with Gasteiger partial charge in [-0.1, -0.05) is 32.9 Å². The van der Waals surface area contributed by atoms with E-state index in [1.165, 1.54) is 5.56 Å². The van der Waals surface area contributed by atoms with Crippen molar-refractivity contribution in [1.29, 1.82) is 0 Å². The van der Waals surface area contributed by atoms with Gasteiger partial charge >= 0.3 is 0 Å². The quantitative estimate of drug-likeness (QED) is 0.456. The van der Waals surface area contributed by atoms with Gasteiger partial charge in [-0.15, -0.1) is 0 Å². The van der Waals surface area contributed by atoms with E-state index < -0.39 is 0 Å². The number of imidazole rings is 1. The zero-order valence-electron chi connectivity index (χ0n) is 17.3. The first kappa shape index (κ1) is 19.6. The van der Waals surface area contributed by atoms with Crippen LogP contribution in [0.3, 0.4) is 0 Å². The molecule has 8 heteroatoms. The summed E-state index contributed by atoms with van der Waals surface area (Å²) in [4.78, 5) is 24.3. The van der Waals surface area contributed by atoms with Crippen molar-refractivity contribution in [3.05, 3.63) is 71.9 Å². The van der Waals surface area contributed by atoms with E-state index in [9.17, 15) is 4.79 Å². The Morgan fingerprint density at radius 1 is 1.17 bits per heavy atom. The first-order valence-corrected chi connectivity index (χ1v) is 9.88. The molecular formula is C22H25N7O. The molecule has 1 amide bonds. The number of aromatic nitrogens is 5. The van der Waals surface area contributed by atoms with Crippen molar-refractivity contribution in [2.45, 2.75) is 32.6 Å². The number of aromatic amines is 1. The van der Waals surface area contributed by atoms with Gasteiger partial charge in [0.1, 0.15) is 11.6 Å². The zero-order valence-corrected chi connectivity index (χ0v) is 17.3. The van der Waals surface area contributed by atoms with Crippen molar-refractivity contribution < 1.29 is 4.79 Å². The van der Waals surface area contributed by atoms with Crippen LogP contribution in [0.5, 0.6) is 0 Å². The predicted molar refractivity (Wildman–Crippen MR) is 117 cm³/mol. The molecule has 0 unspecified atom stereocenters. The number of amides is 1. The lowest BCUT2D eigenvalue weighted by atomic mass is 9.87. The summed E-state index contributed by atoms with van der Waals surface area (Å²) in [5.41, 5.74) is 3.51. The van der Waals surface area contributed by atoms with Gasteiger partial charge in [0.15, 0.2) is 5.65 Å². The molecule has 8 nitrogen and oxygen atoms in total. The van der Waals surface area contributed by atoms with Crippen molar-refractivity contribution >= 4 is 23.2 Å². The van der Waals surface area contributed by atoms with Gasteiger partial charge in [-0.05, 0) is 23.1 Å². The molecule has 0 fully saturated rings. The van der Waals surface area contributed by atoms with Crippen LogP contribution in [0, 0.1) is 0 Å². The molecule has 3 aromatic heterocycles. The summed E-state index contributed by atoms with van der Waals surface area (Å²) in [5, 5.41) is 10.6. The van der Waals surface area contributed by atoms with Crippen LogP contribution in [-0.2, 0) is 11.8 Å². The number of anilines is 2. The highest BCUT2D eigenvalue weighted by Crippen LogP contribution is 2.23. The number of nitrogens with zero attached hydrogens (tertiary/aromatic N) is 4. The minimum absolute atomic E-state index is 0.0420. The maximum absolute atomic E-state index is 12.7. The summed E-state index contributed by atoms with van der Waals surface area (Å²) in [6.07, 6.45) is 5.93. The number of H-pyrrole nitrogens is 1. The topological polar surface area (TPSA) is 100 Å². The smallest absolute Gasteiger partial charge is 0.256 e. The molecular weight excluding hydrogens is 378 g/mol. The van der Waals surface area contributed by atoms with Crippen LogP contribution >= 0.6 is 0 Å². The van der Waals surface area contributed by atoms with Crippen molar-refractivity contribution in [3.8, 4) is 0 Å². The molecule has 0 spiro atoms. The molecule has 0 aliphatic carbocycles. The second kappa shape index (κ2) is 7.98. The summed E-state index contributed by atoms with van der Waals surface area (Å²) in [5.74, 6) is 1.02. The third-order valence-corrected chi connectivity index (χ3v) is 4.87. The van der Waals surface area contributed by atoms with E-state index in [1.807, 2.05) is 24.3 Å². The number of carbonyl (C=O) groups is 1. The first-order chi connectivity index (χ1) is 14.4. The third-order valence-electron chi connectivity index (χ3n) is 4.87. The summed E-state index contributed by atoms with van der Waals surface area (Å²) in [6.45, 7) is 7.12. The Morgan fingerprint density at radius 2 is 1.97 bits per heavy atom. The van der Waals surface area contributed by atoms with Crippen LogP contribution in [-0.4, -0.2) is 37.0 Å². The maximum atomic E-state index is 12.7. The van der Waals surface area contributed by atoms with E-state index in [1.54, 1.807) is 35.4 Å². The molecule has 0 saturated heterocycles. The Bertz CT molecular complexity index is 1140. The molecule has 0 radical (unpaired) electrons. The van der Waals surface area contributed by atoms with Gasteiger partial charge in [-0.25, -0.2) is 9.97 Å². The SMILES string of the molecule is CC(C)(C)c1ccc(C(=O)Nc2cc(NCCc3cnc[nH]3)n3nccc3n2)cc1. The number of hydrogen-bond acceptors (Lipinski definition) is 5. The molecule has 4 aromatic rings. The summed E-state index contributed by atoms with van der Waals surface area (Å²) in [7, 11) is 0. The highest BCUT2D eigenvalue weighted by Gasteiger charge is 2.15. The van der Waals surface area contributed by atoms with E-state index in [2.05, 4.69) is 51.5 Å². The second-order valence-electron chi connectivity index (χ2n) is 8.16. The lowest BCUT2D eigenvalue weighted by Gasteiger charge is -2.19.